The van der Waals surface area contributed by atoms with Gasteiger partial charge in [-0.1, -0.05) is 0 Å². The quantitative estimate of drug-likeness (QED) is 0.593. The molecule has 1 aromatic heterocycles. The standard InChI is InChI=1S/C11H19N5/c1-4-16(9-5-6-9)11-7(2)10(15-12)13-8(3)14-11/h9H,4-6,12H2,1-3H3,(H,13,14,15). The molecular weight excluding hydrogens is 202 g/mol. The zero-order valence-corrected chi connectivity index (χ0v) is 10.1. The molecule has 0 aromatic carbocycles. The Morgan fingerprint density at radius 2 is 2.06 bits per heavy atom. The van der Waals surface area contributed by atoms with Crippen LogP contribution in [0, 0.1) is 13.8 Å². The van der Waals surface area contributed by atoms with Gasteiger partial charge in [0.05, 0.1) is 0 Å². The Kier molecular flexibility index (Phi) is 2.96. The summed E-state index contributed by atoms with van der Waals surface area (Å²) in [6.07, 6.45) is 2.53. The molecule has 1 aromatic rings. The van der Waals surface area contributed by atoms with E-state index in [1.54, 1.807) is 0 Å². The fourth-order valence-corrected chi connectivity index (χ4v) is 2.00. The maximum absolute atomic E-state index is 5.46. The van der Waals surface area contributed by atoms with Crippen LogP contribution in [0.3, 0.4) is 0 Å². The number of anilines is 2. The molecule has 0 saturated heterocycles. The summed E-state index contributed by atoms with van der Waals surface area (Å²) in [6, 6.07) is 0.656. The molecule has 0 spiro atoms. The van der Waals surface area contributed by atoms with E-state index in [0.29, 0.717) is 6.04 Å². The number of nitrogens with zero attached hydrogens (tertiary/aromatic N) is 3. The van der Waals surface area contributed by atoms with Gasteiger partial charge in [-0.2, -0.15) is 0 Å². The number of rotatable bonds is 4. The Hall–Kier alpha value is -1.36. The summed E-state index contributed by atoms with van der Waals surface area (Å²) in [6.45, 7) is 7.04. The van der Waals surface area contributed by atoms with Crippen LogP contribution in [0.15, 0.2) is 0 Å². The van der Waals surface area contributed by atoms with E-state index >= 15 is 0 Å². The molecule has 5 nitrogen and oxygen atoms in total. The van der Waals surface area contributed by atoms with E-state index in [4.69, 9.17) is 5.84 Å². The van der Waals surface area contributed by atoms with Crippen molar-refractivity contribution in [1.29, 1.82) is 0 Å². The Labute approximate surface area is 96.0 Å². The molecule has 0 atom stereocenters. The van der Waals surface area contributed by atoms with Gasteiger partial charge in [-0.05, 0) is 33.6 Å². The lowest BCUT2D eigenvalue weighted by molar-refractivity contribution is 0.794. The lowest BCUT2D eigenvalue weighted by Crippen LogP contribution is -2.28. The maximum atomic E-state index is 5.46. The van der Waals surface area contributed by atoms with Crippen LogP contribution in [0.5, 0.6) is 0 Å². The fraction of sp³-hybridized carbons (Fsp3) is 0.636. The topological polar surface area (TPSA) is 67.1 Å². The molecular formula is C11H19N5. The van der Waals surface area contributed by atoms with Crippen LogP contribution < -0.4 is 16.2 Å². The Bertz CT molecular complexity index is 386. The summed E-state index contributed by atoms with van der Waals surface area (Å²) in [5.74, 6) is 7.96. The fourth-order valence-electron chi connectivity index (χ4n) is 2.00. The molecule has 0 unspecified atom stereocenters. The zero-order valence-electron chi connectivity index (χ0n) is 10.1. The number of nitrogens with one attached hydrogen (secondary N) is 1. The number of nitrogens with two attached hydrogens (primary N) is 1. The Balaban J connectivity index is 2.41. The van der Waals surface area contributed by atoms with Crippen molar-refractivity contribution in [3.05, 3.63) is 11.4 Å². The minimum Gasteiger partial charge on any atom is -0.354 e. The first kappa shape index (κ1) is 11.1. The maximum Gasteiger partial charge on any atom is 0.148 e. The van der Waals surface area contributed by atoms with E-state index in [1.165, 1.54) is 12.8 Å². The van der Waals surface area contributed by atoms with Crippen molar-refractivity contribution in [3.63, 3.8) is 0 Å². The van der Waals surface area contributed by atoms with Crippen LogP contribution in [0.25, 0.3) is 0 Å². The monoisotopic (exact) mass is 221 g/mol. The van der Waals surface area contributed by atoms with Gasteiger partial charge in [0.25, 0.3) is 0 Å². The predicted octanol–water partition coefficient (Wildman–Crippen LogP) is 1.37. The molecule has 0 aliphatic heterocycles. The summed E-state index contributed by atoms with van der Waals surface area (Å²) < 4.78 is 0. The summed E-state index contributed by atoms with van der Waals surface area (Å²) in [5, 5.41) is 0. The van der Waals surface area contributed by atoms with Crippen LogP contribution in [-0.4, -0.2) is 22.6 Å². The molecule has 88 valence electrons. The van der Waals surface area contributed by atoms with Crippen molar-refractivity contribution >= 4 is 11.6 Å². The van der Waals surface area contributed by atoms with Gasteiger partial charge in [-0.3, -0.25) is 0 Å². The molecule has 3 N–H and O–H groups in total. The van der Waals surface area contributed by atoms with E-state index in [2.05, 4.69) is 27.2 Å². The number of hydrazine groups is 1. The van der Waals surface area contributed by atoms with Crippen LogP contribution in [0.4, 0.5) is 11.6 Å². The van der Waals surface area contributed by atoms with Gasteiger partial charge in [0.15, 0.2) is 0 Å². The molecule has 16 heavy (non-hydrogen) atoms. The second kappa shape index (κ2) is 4.25. The first-order valence-corrected chi connectivity index (χ1v) is 5.75. The highest BCUT2D eigenvalue weighted by Crippen LogP contribution is 2.33. The Morgan fingerprint density at radius 3 is 2.56 bits per heavy atom. The van der Waals surface area contributed by atoms with E-state index in [1.807, 2.05) is 13.8 Å². The number of hydrogen-bond donors (Lipinski definition) is 2. The van der Waals surface area contributed by atoms with Crippen LogP contribution in [0.2, 0.25) is 0 Å². The molecule has 0 radical (unpaired) electrons. The van der Waals surface area contributed by atoms with Crippen LogP contribution in [0.1, 0.15) is 31.2 Å². The SMILES string of the molecule is CCN(c1nc(C)nc(NN)c1C)C1CC1. The highest BCUT2D eigenvalue weighted by atomic mass is 15.3. The van der Waals surface area contributed by atoms with E-state index in [9.17, 15) is 0 Å². The van der Waals surface area contributed by atoms with Gasteiger partial charge in [0, 0.05) is 18.2 Å². The van der Waals surface area contributed by atoms with Gasteiger partial charge in [-0.15, -0.1) is 0 Å². The van der Waals surface area contributed by atoms with Gasteiger partial charge in [0.2, 0.25) is 0 Å². The molecule has 1 saturated carbocycles. The molecule has 1 heterocycles. The van der Waals surface area contributed by atoms with E-state index < -0.39 is 0 Å². The smallest absolute Gasteiger partial charge is 0.148 e. The summed E-state index contributed by atoms with van der Waals surface area (Å²) in [4.78, 5) is 11.1. The molecule has 0 bridgehead atoms. The third-order valence-electron chi connectivity index (χ3n) is 2.97. The highest BCUT2D eigenvalue weighted by molar-refractivity contribution is 5.59. The normalized spacial score (nSPS) is 15.0. The second-order valence-electron chi connectivity index (χ2n) is 4.23. The minimum absolute atomic E-state index is 0.656. The van der Waals surface area contributed by atoms with Crippen molar-refractivity contribution in [1.82, 2.24) is 9.97 Å². The van der Waals surface area contributed by atoms with Gasteiger partial charge < -0.3 is 10.3 Å². The van der Waals surface area contributed by atoms with Gasteiger partial charge >= 0.3 is 0 Å². The van der Waals surface area contributed by atoms with Crippen molar-refractivity contribution in [2.45, 2.75) is 39.7 Å². The summed E-state index contributed by atoms with van der Waals surface area (Å²) in [7, 11) is 0. The minimum atomic E-state index is 0.656. The van der Waals surface area contributed by atoms with E-state index in [-0.39, 0.29) is 0 Å². The lowest BCUT2D eigenvalue weighted by Gasteiger charge is -2.24. The third kappa shape index (κ3) is 1.95. The first-order valence-electron chi connectivity index (χ1n) is 5.75. The molecule has 1 aliphatic carbocycles. The average Bonchev–Trinajstić information content (AvgIpc) is 3.08. The molecule has 1 aliphatic rings. The van der Waals surface area contributed by atoms with Crippen LogP contribution >= 0.6 is 0 Å². The highest BCUT2D eigenvalue weighted by Gasteiger charge is 2.30. The number of aromatic nitrogens is 2. The molecule has 0 amide bonds. The summed E-state index contributed by atoms with van der Waals surface area (Å²) >= 11 is 0. The number of aryl methyl sites for hydroxylation is 1. The van der Waals surface area contributed by atoms with Crippen molar-refractivity contribution in [2.24, 2.45) is 5.84 Å². The van der Waals surface area contributed by atoms with Gasteiger partial charge in [0.1, 0.15) is 17.5 Å². The third-order valence-corrected chi connectivity index (χ3v) is 2.97. The number of nitrogen functional groups attached to an aromatic ring is 1. The summed E-state index contributed by atoms with van der Waals surface area (Å²) in [5.41, 5.74) is 3.67. The zero-order chi connectivity index (χ0) is 11.7. The predicted molar refractivity (Wildman–Crippen MR) is 65.4 cm³/mol. The number of hydrogen-bond acceptors (Lipinski definition) is 5. The first-order chi connectivity index (χ1) is 7.67. The van der Waals surface area contributed by atoms with E-state index in [0.717, 1.165) is 29.6 Å². The van der Waals surface area contributed by atoms with Crippen molar-refractivity contribution in [2.75, 3.05) is 16.9 Å². The molecule has 1 fully saturated rings. The Morgan fingerprint density at radius 1 is 1.38 bits per heavy atom. The van der Waals surface area contributed by atoms with Crippen molar-refractivity contribution in [3.8, 4) is 0 Å². The largest absolute Gasteiger partial charge is 0.354 e. The van der Waals surface area contributed by atoms with Crippen molar-refractivity contribution < 1.29 is 0 Å². The molecule has 2 rings (SSSR count). The van der Waals surface area contributed by atoms with Crippen LogP contribution in [-0.2, 0) is 0 Å². The second-order valence-corrected chi connectivity index (χ2v) is 4.23. The average molecular weight is 221 g/mol. The molecule has 5 heteroatoms. The lowest BCUT2D eigenvalue weighted by atomic mass is 10.2. The van der Waals surface area contributed by atoms with Gasteiger partial charge in [-0.25, -0.2) is 15.8 Å².